The molecule has 6 aromatic rings. The molecule has 308 valence electrons. The minimum absolute atomic E-state index is 0.0327. The Morgan fingerprint density at radius 2 is 1.08 bits per heavy atom. The Bertz CT molecular complexity index is 2760. The highest BCUT2D eigenvalue weighted by Gasteiger charge is 2.48. The highest BCUT2D eigenvalue weighted by atomic mass is 32.1. The zero-order valence-corrected chi connectivity index (χ0v) is 39.7. The van der Waals surface area contributed by atoms with E-state index in [1.165, 1.54) is 119 Å². The molecule has 10 rings (SSSR count). The smallest absolute Gasteiger partial charge is 0.264 e. The first-order valence-corrected chi connectivity index (χ1v) is 23.5. The second-order valence-corrected chi connectivity index (χ2v) is 24.7. The molecule has 0 N–H and O–H groups in total. The Morgan fingerprint density at radius 3 is 1.72 bits per heavy atom. The van der Waals surface area contributed by atoms with Crippen LogP contribution in [0.1, 0.15) is 156 Å². The molecule has 2 aliphatic carbocycles. The average molecular weight is 809 g/mol. The van der Waals surface area contributed by atoms with Crippen molar-refractivity contribution in [2.24, 2.45) is 0 Å². The molecule has 3 heterocycles. The van der Waals surface area contributed by atoms with Crippen molar-refractivity contribution < 1.29 is 0 Å². The van der Waals surface area contributed by atoms with Crippen LogP contribution in [0, 0.1) is 0 Å². The number of fused-ring (bicyclic) bond motifs is 8. The molecular formula is C56H65BN2S. The van der Waals surface area contributed by atoms with Crippen LogP contribution in [0.3, 0.4) is 0 Å². The topological polar surface area (TPSA) is 6.48 Å². The molecule has 5 aromatic carbocycles. The molecule has 0 amide bonds. The molecule has 0 bridgehead atoms. The number of hydrogen-bond acceptors (Lipinski definition) is 3. The second-order valence-electron chi connectivity index (χ2n) is 23.6. The van der Waals surface area contributed by atoms with Crippen LogP contribution in [0.4, 0.5) is 34.1 Å². The van der Waals surface area contributed by atoms with Gasteiger partial charge in [-0.25, -0.2) is 0 Å². The standard InChI is InChI=1S/C56H65BN2S/c1-51(2,3)34-22-25-47-36(30-34)49-50(60-47)57-42-32-40-41(56(13,14)29-28-55(40,11)12)33-46(42)58(35-23-24-37-39(31-35)54(9,10)27-26-53(37,7)8)44-20-17-21-45(48(44)57)59(49)43-19-16-15-18-38(43)52(4,5)6/h15-25,30-33H,26-29H2,1-14H3. The first kappa shape index (κ1) is 39.8. The lowest BCUT2D eigenvalue weighted by molar-refractivity contribution is 0.332. The maximum Gasteiger partial charge on any atom is 0.264 e. The average Bonchev–Trinajstić information content (AvgIpc) is 3.56. The van der Waals surface area contributed by atoms with Crippen LogP contribution in [0.2, 0.25) is 0 Å². The number of para-hydroxylation sites is 1. The number of thiophene rings is 1. The van der Waals surface area contributed by atoms with Gasteiger partial charge in [-0.05, 0) is 151 Å². The monoisotopic (exact) mass is 808 g/mol. The summed E-state index contributed by atoms with van der Waals surface area (Å²) in [5.74, 6) is 0. The molecule has 0 fully saturated rings. The third kappa shape index (κ3) is 5.78. The molecule has 2 nitrogen and oxygen atoms in total. The van der Waals surface area contributed by atoms with Gasteiger partial charge in [-0.1, -0.05) is 139 Å². The SMILES string of the molecule is CC(C)(C)c1ccc2sc3c(c2c1)N(c1ccccc1C(C)(C)C)c1cccc2c1B3c1cc3c(cc1N2c1ccc2c(c1)C(C)(C)CCC2(C)C)C(C)(C)CCC3(C)C. The molecular weight excluding hydrogens is 744 g/mol. The summed E-state index contributed by atoms with van der Waals surface area (Å²) >= 11 is 2.03. The molecule has 2 aliphatic heterocycles. The molecule has 0 unspecified atom stereocenters. The van der Waals surface area contributed by atoms with Gasteiger partial charge in [0.2, 0.25) is 0 Å². The maximum absolute atomic E-state index is 2.70. The fourth-order valence-electron chi connectivity index (χ4n) is 11.5. The van der Waals surface area contributed by atoms with Crippen molar-refractivity contribution >= 4 is 78.0 Å². The van der Waals surface area contributed by atoms with Crippen molar-refractivity contribution in [1.82, 2.24) is 0 Å². The van der Waals surface area contributed by atoms with E-state index in [4.69, 9.17) is 0 Å². The van der Waals surface area contributed by atoms with E-state index in [1.807, 2.05) is 11.3 Å². The van der Waals surface area contributed by atoms with Gasteiger partial charge in [0, 0.05) is 43.3 Å². The Balaban J connectivity index is 1.34. The van der Waals surface area contributed by atoms with E-state index in [2.05, 4.69) is 198 Å². The highest BCUT2D eigenvalue weighted by Crippen LogP contribution is 2.54. The molecule has 4 heteroatoms. The Kier molecular flexibility index (Phi) is 8.40. The lowest BCUT2D eigenvalue weighted by Crippen LogP contribution is -2.61. The third-order valence-corrected chi connectivity index (χ3v) is 16.7. The van der Waals surface area contributed by atoms with Gasteiger partial charge in [0.1, 0.15) is 0 Å². The van der Waals surface area contributed by atoms with Crippen LogP contribution >= 0.6 is 11.3 Å². The summed E-state index contributed by atoms with van der Waals surface area (Å²) in [6, 6.07) is 36.6. The van der Waals surface area contributed by atoms with Crippen LogP contribution in [0.15, 0.2) is 91.0 Å². The largest absolute Gasteiger partial charge is 0.311 e. The maximum atomic E-state index is 2.70. The third-order valence-electron chi connectivity index (χ3n) is 15.5. The molecule has 0 saturated heterocycles. The summed E-state index contributed by atoms with van der Waals surface area (Å²) in [5, 5.41) is 1.37. The van der Waals surface area contributed by atoms with E-state index in [9.17, 15) is 0 Å². The summed E-state index contributed by atoms with van der Waals surface area (Å²) in [4.78, 5) is 5.37. The minimum atomic E-state index is -0.0510. The fraction of sp³-hybridized carbons (Fsp3) is 0.429. The highest BCUT2D eigenvalue weighted by molar-refractivity contribution is 7.33. The van der Waals surface area contributed by atoms with Gasteiger partial charge < -0.3 is 9.80 Å². The van der Waals surface area contributed by atoms with Crippen LogP contribution in [-0.4, -0.2) is 6.71 Å². The van der Waals surface area contributed by atoms with Gasteiger partial charge in [0.15, 0.2) is 0 Å². The van der Waals surface area contributed by atoms with Gasteiger partial charge >= 0.3 is 0 Å². The first-order valence-electron chi connectivity index (χ1n) is 22.7. The Hall–Kier alpha value is -4.28. The summed E-state index contributed by atoms with van der Waals surface area (Å²) in [6.07, 6.45) is 4.79. The zero-order chi connectivity index (χ0) is 42.7. The van der Waals surface area contributed by atoms with E-state index in [0.717, 1.165) is 0 Å². The first-order chi connectivity index (χ1) is 28.0. The van der Waals surface area contributed by atoms with Crippen LogP contribution in [0.25, 0.3) is 10.1 Å². The minimum Gasteiger partial charge on any atom is -0.311 e. The number of anilines is 6. The predicted octanol–water partition coefficient (Wildman–Crippen LogP) is 14.3. The number of benzene rings is 5. The van der Waals surface area contributed by atoms with E-state index in [1.54, 1.807) is 0 Å². The molecule has 4 aliphatic rings. The van der Waals surface area contributed by atoms with E-state index < -0.39 is 0 Å². The lowest BCUT2D eigenvalue weighted by atomic mass is 9.35. The van der Waals surface area contributed by atoms with Crippen molar-refractivity contribution in [1.29, 1.82) is 0 Å². The zero-order valence-electron chi connectivity index (χ0n) is 38.9. The van der Waals surface area contributed by atoms with Gasteiger partial charge in [-0.15, -0.1) is 11.3 Å². The summed E-state index contributed by atoms with van der Waals surface area (Å²) in [5.41, 5.74) is 20.0. The van der Waals surface area contributed by atoms with Crippen molar-refractivity contribution in [2.75, 3.05) is 9.80 Å². The quantitative estimate of drug-likeness (QED) is 0.161. The Labute approximate surface area is 365 Å². The normalized spacial score (nSPS) is 19.3. The van der Waals surface area contributed by atoms with Crippen molar-refractivity contribution in [3.8, 4) is 0 Å². The lowest BCUT2D eigenvalue weighted by Gasteiger charge is -2.47. The van der Waals surface area contributed by atoms with E-state index in [0.29, 0.717) is 0 Å². The molecule has 60 heavy (non-hydrogen) atoms. The van der Waals surface area contributed by atoms with Crippen LogP contribution < -0.4 is 25.5 Å². The summed E-state index contributed by atoms with van der Waals surface area (Å²) in [6.45, 7) is 34.0. The molecule has 0 atom stereocenters. The number of rotatable bonds is 2. The van der Waals surface area contributed by atoms with Crippen molar-refractivity contribution in [3.05, 3.63) is 124 Å². The molecule has 0 spiro atoms. The van der Waals surface area contributed by atoms with Gasteiger partial charge in [-0.3, -0.25) is 0 Å². The summed E-state index contributed by atoms with van der Waals surface area (Å²) in [7, 11) is 0. The van der Waals surface area contributed by atoms with Crippen LogP contribution in [0.5, 0.6) is 0 Å². The molecule has 0 radical (unpaired) electrons. The van der Waals surface area contributed by atoms with E-state index in [-0.39, 0.29) is 39.2 Å². The molecule has 1 aromatic heterocycles. The van der Waals surface area contributed by atoms with E-state index >= 15 is 0 Å². The van der Waals surface area contributed by atoms with Gasteiger partial charge in [0.25, 0.3) is 6.71 Å². The molecule has 0 saturated carbocycles. The number of nitrogens with zero attached hydrogens (tertiary/aromatic N) is 2. The predicted molar refractivity (Wildman–Crippen MR) is 264 cm³/mol. The van der Waals surface area contributed by atoms with Crippen molar-refractivity contribution in [2.45, 2.75) is 155 Å². The summed E-state index contributed by atoms with van der Waals surface area (Å²) < 4.78 is 2.82. The van der Waals surface area contributed by atoms with Gasteiger partial charge in [-0.2, -0.15) is 0 Å². The second kappa shape index (κ2) is 12.7. The number of hydrogen-bond donors (Lipinski definition) is 0. The van der Waals surface area contributed by atoms with Crippen molar-refractivity contribution in [3.63, 3.8) is 0 Å². The van der Waals surface area contributed by atoms with Gasteiger partial charge in [0.05, 0.1) is 5.69 Å². The van der Waals surface area contributed by atoms with Crippen LogP contribution in [-0.2, 0) is 32.5 Å². The fourth-order valence-corrected chi connectivity index (χ4v) is 12.8. The Morgan fingerprint density at radius 1 is 0.517 bits per heavy atom.